The molecule has 0 bridgehead atoms. The van der Waals surface area contributed by atoms with Crippen LogP contribution >= 0.6 is 0 Å². The van der Waals surface area contributed by atoms with E-state index in [-0.39, 0.29) is 18.3 Å². The minimum absolute atomic E-state index is 0.0231. The highest BCUT2D eigenvalue weighted by Gasteiger charge is 2.19. The summed E-state index contributed by atoms with van der Waals surface area (Å²) in [6, 6.07) is 0.466. The Balaban J connectivity index is 3.90. The van der Waals surface area contributed by atoms with Crippen molar-refractivity contribution in [1.82, 2.24) is 4.90 Å². The lowest BCUT2D eigenvalue weighted by Crippen LogP contribution is -2.41. The average Bonchev–Trinajstić information content (AvgIpc) is 1.81. The Labute approximate surface area is 69.3 Å². The third-order valence-electron chi connectivity index (χ3n) is 1.68. The normalized spacial score (nSPS) is 12.5. The molecule has 0 saturated carbocycles. The maximum atomic E-state index is 12.1. The molecule has 0 fully saturated rings. The molecule has 0 aliphatic carbocycles. The van der Waals surface area contributed by atoms with E-state index in [2.05, 4.69) is 0 Å². The number of halogens is 2. The van der Waals surface area contributed by atoms with Crippen LogP contribution in [0, 0.1) is 0 Å². The van der Waals surface area contributed by atoms with Crippen LogP contribution < -0.4 is 0 Å². The van der Waals surface area contributed by atoms with Crippen LogP contribution in [0.1, 0.15) is 27.7 Å². The molecule has 0 saturated heterocycles. The molecule has 0 aromatic rings. The van der Waals surface area contributed by atoms with Gasteiger partial charge >= 0.3 is 9.46 Å². The molecule has 0 aliphatic rings. The van der Waals surface area contributed by atoms with Crippen LogP contribution in [0.15, 0.2) is 0 Å². The summed E-state index contributed by atoms with van der Waals surface area (Å²) < 4.78 is 24.2. The second kappa shape index (κ2) is 4.82. The van der Waals surface area contributed by atoms with Gasteiger partial charge in [-0.1, -0.05) is 0 Å². The largest absolute Gasteiger partial charge is 0.424 e. The number of rotatable bonds is 4. The Morgan fingerprint density at radius 1 is 1.09 bits per heavy atom. The van der Waals surface area contributed by atoms with Gasteiger partial charge in [0.05, 0.1) is 0 Å². The maximum absolute atomic E-state index is 12.1. The van der Waals surface area contributed by atoms with Crippen LogP contribution in [-0.4, -0.2) is 32.6 Å². The van der Waals surface area contributed by atoms with Crippen molar-refractivity contribution in [2.45, 2.75) is 39.8 Å². The molecule has 0 atom stereocenters. The molecular weight excluding hydrogens is 164 g/mol. The summed E-state index contributed by atoms with van der Waals surface area (Å²) in [5.74, 6) is 0. The summed E-state index contributed by atoms with van der Waals surface area (Å²) in [5, 5.41) is 0. The molecule has 0 N–H and O–H groups in total. The maximum Gasteiger partial charge on any atom is 0.424 e. The molecule has 4 heteroatoms. The van der Waals surface area contributed by atoms with Crippen molar-refractivity contribution in [1.29, 1.82) is 0 Å². The summed E-state index contributed by atoms with van der Waals surface area (Å²) in [6.07, 6.45) is 0.0231. The van der Waals surface area contributed by atoms with Crippen molar-refractivity contribution < 1.29 is 8.22 Å². The van der Waals surface area contributed by atoms with E-state index in [0.29, 0.717) is 0 Å². The SMILES string of the molecule is CC(C)N(C[SiH](F)F)C(C)C. The fourth-order valence-electron chi connectivity index (χ4n) is 1.18. The summed E-state index contributed by atoms with van der Waals surface area (Å²) in [6.45, 7) is 7.82. The standard InChI is InChI=1S/C7H17F2NSi/c1-6(2)10(7(3)4)5-11(8)9/h6-7,11H,5H2,1-4H3. The molecule has 11 heavy (non-hydrogen) atoms. The van der Waals surface area contributed by atoms with E-state index in [1.54, 1.807) is 0 Å². The van der Waals surface area contributed by atoms with Crippen molar-refractivity contribution in [3.63, 3.8) is 0 Å². The van der Waals surface area contributed by atoms with Gasteiger partial charge in [0, 0.05) is 18.3 Å². The number of hydrogen-bond donors (Lipinski definition) is 0. The van der Waals surface area contributed by atoms with Crippen LogP contribution in [0.4, 0.5) is 8.22 Å². The minimum Gasteiger partial charge on any atom is -0.296 e. The van der Waals surface area contributed by atoms with Crippen LogP contribution in [0.3, 0.4) is 0 Å². The van der Waals surface area contributed by atoms with E-state index in [0.717, 1.165) is 0 Å². The van der Waals surface area contributed by atoms with Crippen molar-refractivity contribution in [2.75, 3.05) is 6.17 Å². The fourth-order valence-corrected chi connectivity index (χ4v) is 2.34. The van der Waals surface area contributed by atoms with E-state index in [1.807, 2.05) is 32.6 Å². The van der Waals surface area contributed by atoms with Gasteiger partial charge in [0.25, 0.3) is 0 Å². The summed E-state index contributed by atoms with van der Waals surface area (Å²) in [4.78, 5) is 1.84. The average molecular weight is 181 g/mol. The summed E-state index contributed by atoms with van der Waals surface area (Å²) >= 11 is 0. The first-order valence-electron chi connectivity index (χ1n) is 3.99. The topological polar surface area (TPSA) is 3.24 Å². The van der Waals surface area contributed by atoms with Crippen molar-refractivity contribution in [3.05, 3.63) is 0 Å². The van der Waals surface area contributed by atoms with Crippen molar-refractivity contribution >= 4 is 9.46 Å². The molecule has 0 heterocycles. The number of hydrogen-bond acceptors (Lipinski definition) is 1. The van der Waals surface area contributed by atoms with E-state index < -0.39 is 9.46 Å². The fraction of sp³-hybridized carbons (Fsp3) is 1.00. The predicted molar refractivity (Wildman–Crippen MR) is 46.3 cm³/mol. The molecule has 0 aromatic heterocycles. The van der Waals surface area contributed by atoms with Gasteiger partial charge in [-0.2, -0.15) is 0 Å². The van der Waals surface area contributed by atoms with Gasteiger partial charge < -0.3 is 0 Å². The monoisotopic (exact) mass is 181 g/mol. The Morgan fingerprint density at radius 2 is 1.45 bits per heavy atom. The second-order valence-corrected chi connectivity index (χ2v) is 4.42. The van der Waals surface area contributed by atoms with E-state index in [4.69, 9.17) is 0 Å². The summed E-state index contributed by atoms with van der Waals surface area (Å²) in [5.41, 5.74) is 0. The number of nitrogens with zero attached hydrogens (tertiary/aromatic N) is 1. The Hall–Kier alpha value is 0.0369. The minimum atomic E-state index is -3.41. The van der Waals surface area contributed by atoms with Crippen LogP contribution in [0.2, 0.25) is 0 Å². The van der Waals surface area contributed by atoms with Gasteiger partial charge in [-0.05, 0) is 27.7 Å². The zero-order valence-corrected chi connectivity index (χ0v) is 8.80. The second-order valence-electron chi connectivity index (χ2n) is 3.28. The third-order valence-corrected chi connectivity index (χ3v) is 2.37. The van der Waals surface area contributed by atoms with Crippen molar-refractivity contribution in [2.24, 2.45) is 0 Å². The zero-order valence-electron chi connectivity index (χ0n) is 7.64. The zero-order chi connectivity index (χ0) is 9.02. The molecule has 0 aromatic carbocycles. The summed E-state index contributed by atoms with van der Waals surface area (Å²) in [7, 11) is -3.41. The first-order chi connectivity index (χ1) is 4.95. The third kappa shape index (κ3) is 4.47. The molecular formula is C7H17F2NSi. The molecule has 0 amide bonds. The first-order valence-corrected chi connectivity index (χ1v) is 5.68. The van der Waals surface area contributed by atoms with Gasteiger partial charge in [0.1, 0.15) is 0 Å². The quantitative estimate of drug-likeness (QED) is 0.472. The van der Waals surface area contributed by atoms with Gasteiger partial charge in [0.2, 0.25) is 0 Å². The van der Waals surface area contributed by atoms with E-state index in [9.17, 15) is 8.22 Å². The lowest BCUT2D eigenvalue weighted by molar-refractivity contribution is 0.198. The van der Waals surface area contributed by atoms with Crippen molar-refractivity contribution in [3.8, 4) is 0 Å². The molecule has 68 valence electrons. The van der Waals surface area contributed by atoms with E-state index in [1.165, 1.54) is 0 Å². The molecule has 0 rings (SSSR count). The lowest BCUT2D eigenvalue weighted by atomic mass is 10.2. The Morgan fingerprint density at radius 3 is 1.55 bits per heavy atom. The highest BCUT2D eigenvalue weighted by molar-refractivity contribution is 6.42. The molecule has 0 unspecified atom stereocenters. The molecule has 0 aliphatic heterocycles. The highest BCUT2D eigenvalue weighted by atomic mass is 28.4. The van der Waals surface area contributed by atoms with Gasteiger partial charge in [-0.25, -0.2) is 0 Å². The van der Waals surface area contributed by atoms with Crippen LogP contribution in [0.5, 0.6) is 0 Å². The van der Waals surface area contributed by atoms with Crippen LogP contribution in [0.25, 0.3) is 0 Å². The predicted octanol–water partition coefficient (Wildman–Crippen LogP) is 1.80. The smallest absolute Gasteiger partial charge is 0.296 e. The Kier molecular flexibility index (Phi) is 4.84. The van der Waals surface area contributed by atoms with Gasteiger partial charge in [-0.15, -0.1) is 0 Å². The van der Waals surface area contributed by atoms with Gasteiger partial charge in [-0.3, -0.25) is 13.1 Å². The molecule has 0 radical (unpaired) electrons. The molecule has 1 nitrogen and oxygen atoms in total. The highest BCUT2D eigenvalue weighted by Crippen LogP contribution is 2.05. The molecule has 0 spiro atoms. The van der Waals surface area contributed by atoms with Gasteiger partial charge in [0.15, 0.2) is 0 Å². The first kappa shape index (κ1) is 11.0. The van der Waals surface area contributed by atoms with Crippen LogP contribution in [-0.2, 0) is 0 Å². The Bertz CT molecular complexity index is 98.6. The van der Waals surface area contributed by atoms with E-state index >= 15 is 0 Å². The lowest BCUT2D eigenvalue weighted by Gasteiger charge is -2.29.